The molecule has 0 aromatic heterocycles. The summed E-state index contributed by atoms with van der Waals surface area (Å²) in [5.74, 6) is 1.37. The van der Waals surface area contributed by atoms with Crippen molar-refractivity contribution in [2.24, 2.45) is 0 Å². The largest absolute Gasteiger partial charge is 0.513 e. The van der Waals surface area contributed by atoms with Crippen molar-refractivity contribution in [2.45, 2.75) is 58.3 Å². The van der Waals surface area contributed by atoms with Crippen molar-refractivity contribution >= 4 is 12.3 Å². The summed E-state index contributed by atoms with van der Waals surface area (Å²) in [6.45, 7) is 12.1. The van der Waals surface area contributed by atoms with Gasteiger partial charge in [-0.25, -0.2) is 9.59 Å². The van der Waals surface area contributed by atoms with Gasteiger partial charge in [0.15, 0.2) is 0 Å². The summed E-state index contributed by atoms with van der Waals surface area (Å²) in [6, 6.07) is 17.1. The van der Waals surface area contributed by atoms with Crippen molar-refractivity contribution in [1.29, 1.82) is 0 Å². The first-order chi connectivity index (χ1) is 19.2. The molecule has 0 atom stereocenters. The fraction of sp³-hybridized carbons (Fsp3) is 0.394. The Morgan fingerprint density at radius 1 is 0.585 bits per heavy atom. The number of carbonyl (C=O) groups excluding carboxylic acids is 2. The molecule has 41 heavy (non-hydrogen) atoms. The van der Waals surface area contributed by atoms with Gasteiger partial charge in [-0.3, -0.25) is 0 Å². The third-order valence-electron chi connectivity index (χ3n) is 6.75. The van der Waals surface area contributed by atoms with Gasteiger partial charge in [-0.15, -0.1) is 0 Å². The van der Waals surface area contributed by atoms with E-state index in [0.717, 1.165) is 16.7 Å². The molecule has 0 saturated carbocycles. The fourth-order valence-electron chi connectivity index (χ4n) is 4.73. The first-order valence-electron chi connectivity index (χ1n) is 13.3. The number of hydrogen-bond donors (Lipinski definition) is 0. The molecular formula is C33H40O8. The maximum absolute atomic E-state index is 12.3. The van der Waals surface area contributed by atoms with Crippen LogP contribution in [0.2, 0.25) is 0 Å². The SMILES string of the molecule is COC(=O)Oc1cc(C(c2ccccc2)c2cc(OC(=O)OC)c(C(C)(C)C)cc2OC)c(OC)cc1C(C)(C)C. The molecule has 0 saturated heterocycles. The lowest BCUT2D eigenvalue weighted by molar-refractivity contribution is 0.119. The molecule has 0 bridgehead atoms. The molecule has 3 aromatic rings. The molecule has 0 radical (unpaired) electrons. The lowest BCUT2D eigenvalue weighted by atomic mass is 9.78. The van der Waals surface area contributed by atoms with E-state index in [4.69, 9.17) is 28.4 Å². The van der Waals surface area contributed by atoms with Gasteiger partial charge in [0.25, 0.3) is 0 Å². The lowest BCUT2D eigenvalue weighted by Gasteiger charge is -2.29. The van der Waals surface area contributed by atoms with E-state index in [9.17, 15) is 9.59 Å². The van der Waals surface area contributed by atoms with Gasteiger partial charge >= 0.3 is 12.3 Å². The molecule has 8 heteroatoms. The van der Waals surface area contributed by atoms with Crippen molar-refractivity contribution in [3.63, 3.8) is 0 Å². The molecule has 220 valence electrons. The highest BCUT2D eigenvalue weighted by atomic mass is 16.7. The Morgan fingerprint density at radius 3 is 1.29 bits per heavy atom. The molecule has 3 rings (SSSR count). The quantitative estimate of drug-likeness (QED) is 0.163. The molecule has 0 heterocycles. The zero-order valence-electron chi connectivity index (χ0n) is 25.5. The van der Waals surface area contributed by atoms with Gasteiger partial charge in [0, 0.05) is 28.2 Å². The van der Waals surface area contributed by atoms with E-state index in [1.807, 2.05) is 84.0 Å². The minimum absolute atomic E-state index is 0.345. The topological polar surface area (TPSA) is 89.5 Å². The monoisotopic (exact) mass is 564 g/mol. The average Bonchev–Trinajstić information content (AvgIpc) is 2.92. The van der Waals surface area contributed by atoms with Crippen molar-refractivity contribution in [1.82, 2.24) is 0 Å². The zero-order valence-corrected chi connectivity index (χ0v) is 25.5. The van der Waals surface area contributed by atoms with Crippen molar-refractivity contribution in [3.05, 3.63) is 82.4 Å². The van der Waals surface area contributed by atoms with Gasteiger partial charge in [-0.2, -0.15) is 0 Å². The standard InChI is InChI=1S/C33H40O8/c1-32(2,3)23-18-25(36-7)21(16-27(23)40-30(34)38-9)29(20-14-12-11-13-15-20)22-17-28(41-31(35)39-10)24(33(4,5)6)19-26(22)37-8/h11-19,29H,1-10H3. The van der Waals surface area contributed by atoms with Crippen LogP contribution in [0.5, 0.6) is 23.0 Å². The van der Waals surface area contributed by atoms with E-state index in [0.29, 0.717) is 34.1 Å². The van der Waals surface area contributed by atoms with Crippen LogP contribution in [-0.2, 0) is 20.3 Å². The highest BCUT2D eigenvalue weighted by Crippen LogP contribution is 2.48. The van der Waals surface area contributed by atoms with Crippen LogP contribution in [0.25, 0.3) is 0 Å². The van der Waals surface area contributed by atoms with Gasteiger partial charge < -0.3 is 28.4 Å². The first kappa shape index (κ1) is 31.3. The predicted octanol–water partition coefficient (Wildman–Crippen LogP) is 7.77. The van der Waals surface area contributed by atoms with Gasteiger partial charge in [-0.1, -0.05) is 71.9 Å². The number of hydrogen-bond acceptors (Lipinski definition) is 8. The number of ether oxygens (including phenoxy) is 6. The predicted molar refractivity (Wildman–Crippen MR) is 157 cm³/mol. The zero-order chi connectivity index (χ0) is 30.5. The van der Waals surface area contributed by atoms with Crippen LogP contribution in [0.3, 0.4) is 0 Å². The van der Waals surface area contributed by atoms with Gasteiger partial charge in [0.05, 0.1) is 28.4 Å². The lowest BCUT2D eigenvalue weighted by Crippen LogP contribution is -2.19. The molecule has 0 N–H and O–H groups in total. The summed E-state index contributed by atoms with van der Waals surface area (Å²) >= 11 is 0. The third kappa shape index (κ3) is 7.12. The highest BCUT2D eigenvalue weighted by molar-refractivity contribution is 5.68. The molecule has 0 fully saturated rings. The van der Waals surface area contributed by atoms with Crippen LogP contribution in [0.1, 0.15) is 75.3 Å². The Morgan fingerprint density at radius 2 is 0.976 bits per heavy atom. The maximum atomic E-state index is 12.3. The van der Waals surface area contributed by atoms with Gasteiger partial charge in [-0.05, 0) is 40.7 Å². The van der Waals surface area contributed by atoms with E-state index in [2.05, 4.69) is 0 Å². The Hall–Kier alpha value is -4.20. The van der Waals surface area contributed by atoms with E-state index in [1.54, 1.807) is 26.4 Å². The Labute approximate surface area is 242 Å². The summed E-state index contributed by atoms with van der Waals surface area (Å²) in [5, 5.41) is 0. The van der Waals surface area contributed by atoms with Crippen LogP contribution in [-0.4, -0.2) is 40.7 Å². The average molecular weight is 565 g/mol. The molecule has 0 aliphatic rings. The highest BCUT2D eigenvalue weighted by Gasteiger charge is 2.32. The van der Waals surface area contributed by atoms with Crippen LogP contribution < -0.4 is 18.9 Å². The second-order valence-electron chi connectivity index (χ2n) is 11.6. The molecule has 0 unspecified atom stereocenters. The molecule has 0 aliphatic carbocycles. The number of carbonyl (C=O) groups is 2. The van der Waals surface area contributed by atoms with Crippen LogP contribution in [0.4, 0.5) is 9.59 Å². The van der Waals surface area contributed by atoms with Gasteiger partial charge in [0.1, 0.15) is 23.0 Å². The molecule has 0 aliphatic heterocycles. The van der Waals surface area contributed by atoms with Crippen LogP contribution in [0.15, 0.2) is 54.6 Å². The number of benzene rings is 3. The first-order valence-corrected chi connectivity index (χ1v) is 13.3. The summed E-state index contributed by atoms with van der Waals surface area (Å²) in [6.07, 6.45) is -1.66. The third-order valence-corrected chi connectivity index (χ3v) is 6.75. The molecular weight excluding hydrogens is 524 g/mol. The molecule has 0 amide bonds. The maximum Gasteiger partial charge on any atom is 0.513 e. The number of rotatable bonds is 7. The van der Waals surface area contributed by atoms with Crippen LogP contribution >= 0.6 is 0 Å². The second kappa shape index (κ2) is 12.5. The van der Waals surface area contributed by atoms with Crippen molar-refractivity contribution in [3.8, 4) is 23.0 Å². The summed E-state index contributed by atoms with van der Waals surface area (Å²) in [4.78, 5) is 24.6. The number of methoxy groups -OCH3 is 4. The summed E-state index contributed by atoms with van der Waals surface area (Å²) in [7, 11) is 5.72. The van der Waals surface area contributed by atoms with Crippen LogP contribution in [0, 0.1) is 0 Å². The molecule has 0 spiro atoms. The van der Waals surface area contributed by atoms with Crippen molar-refractivity contribution in [2.75, 3.05) is 28.4 Å². The Balaban J connectivity index is 2.45. The van der Waals surface area contributed by atoms with E-state index >= 15 is 0 Å². The normalized spacial score (nSPS) is 11.6. The van der Waals surface area contributed by atoms with Crippen molar-refractivity contribution < 1.29 is 38.0 Å². The van der Waals surface area contributed by atoms with E-state index < -0.39 is 18.2 Å². The minimum Gasteiger partial charge on any atom is -0.496 e. The summed E-state index contributed by atoms with van der Waals surface area (Å²) < 4.78 is 32.8. The smallest absolute Gasteiger partial charge is 0.496 e. The Kier molecular flexibility index (Phi) is 9.58. The Bertz CT molecular complexity index is 1290. The fourth-order valence-corrected chi connectivity index (χ4v) is 4.73. The summed E-state index contributed by atoms with van der Waals surface area (Å²) in [5.41, 5.74) is 3.08. The molecule has 3 aromatic carbocycles. The van der Waals surface area contributed by atoms with E-state index in [1.165, 1.54) is 14.2 Å². The van der Waals surface area contributed by atoms with E-state index in [-0.39, 0.29) is 10.8 Å². The minimum atomic E-state index is -0.830. The second-order valence-corrected chi connectivity index (χ2v) is 11.6. The van der Waals surface area contributed by atoms with Gasteiger partial charge in [0.2, 0.25) is 0 Å². The molecule has 8 nitrogen and oxygen atoms in total.